The predicted molar refractivity (Wildman–Crippen MR) is 71.0 cm³/mol. The third kappa shape index (κ3) is 3.58. The second-order valence-electron chi connectivity index (χ2n) is 4.45. The predicted octanol–water partition coefficient (Wildman–Crippen LogP) is 4.54. The minimum absolute atomic E-state index is 0.186. The second-order valence-corrected chi connectivity index (χ2v) is 5.49. The van der Waals surface area contributed by atoms with E-state index in [4.69, 9.17) is 5.73 Å². The van der Waals surface area contributed by atoms with E-state index in [0.717, 1.165) is 23.1 Å². The van der Waals surface area contributed by atoms with Crippen molar-refractivity contribution in [2.24, 2.45) is 5.73 Å². The number of alkyl halides is 3. The summed E-state index contributed by atoms with van der Waals surface area (Å²) >= 11 is 1.52. The highest BCUT2D eigenvalue weighted by atomic mass is 32.1. The highest BCUT2D eigenvalue weighted by molar-refractivity contribution is 7.09. The normalized spacial score (nSPS) is 13.4. The Labute approximate surface area is 118 Å². The molecule has 0 saturated carbocycles. The van der Waals surface area contributed by atoms with Crippen molar-refractivity contribution in [1.82, 2.24) is 0 Å². The Morgan fingerprint density at radius 2 is 1.95 bits per heavy atom. The van der Waals surface area contributed by atoms with Gasteiger partial charge in [-0.3, -0.25) is 0 Å². The van der Waals surface area contributed by atoms with Crippen molar-refractivity contribution >= 4 is 11.3 Å². The number of halogens is 4. The third-order valence-electron chi connectivity index (χ3n) is 3.00. The summed E-state index contributed by atoms with van der Waals surface area (Å²) in [4.78, 5) is 1.05. The smallest absolute Gasteiger partial charge is 0.324 e. The maximum absolute atomic E-state index is 13.2. The molecule has 0 saturated heterocycles. The van der Waals surface area contributed by atoms with Gasteiger partial charge in [0.1, 0.15) is 5.82 Å². The van der Waals surface area contributed by atoms with Crippen molar-refractivity contribution in [3.8, 4) is 0 Å². The van der Waals surface area contributed by atoms with Crippen molar-refractivity contribution in [3.63, 3.8) is 0 Å². The molecule has 2 rings (SSSR count). The molecule has 0 fully saturated rings. The summed E-state index contributed by atoms with van der Waals surface area (Å²) in [6.07, 6.45) is -3.61. The van der Waals surface area contributed by atoms with E-state index in [1.807, 2.05) is 17.5 Å². The minimum Gasteiger partial charge on any atom is -0.324 e. The maximum atomic E-state index is 13.2. The molecule has 2 N–H and O–H groups in total. The quantitative estimate of drug-likeness (QED) is 0.825. The molecule has 1 aromatic carbocycles. The molecule has 1 nitrogen and oxygen atoms in total. The lowest BCUT2D eigenvalue weighted by Crippen LogP contribution is -2.18. The van der Waals surface area contributed by atoms with Crippen LogP contribution >= 0.6 is 11.3 Å². The van der Waals surface area contributed by atoms with Crippen LogP contribution in [0.4, 0.5) is 17.6 Å². The molecule has 0 radical (unpaired) electrons. The molecule has 2 aromatic rings. The third-order valence-corrected chi connectivity index (χ3v) is 3.94. The van der Waals surface area contributed by atoms with Crippen LogP contribution in [0, 0.1) is 5.82 Å². The van der Waals surface area contributed by atoms with Crippen molar-refractivity contribution in [1.29, 1.82) is 0 Å². The van der Waals surface area contributed by atoms with Gasteiger partial charge in [-0.05, 0) is 48.1 Å². The Morgan fingerprint density at radius 3 is 2.55 bits per heavy atom. The van der Waals surface area contributed by atoms with Gasteiger partial charge in [-0.15, -0.1) is 11.3 Å². The lowest BCUT2D eigenvalue weighted by molar-refractivity contribution is -0.138. The first-order chi connectivity index (χ1) is 9.38. The zero-order valence-corrected chi connectivity index (χ0v) is 11.3. The number of hydrogen-bond donors (Lipinski definition) is 1. The van der Waals surface area contributed by atoms with Gasteiger partial charge in [0.05, 0.1) is 5.56 Å². The van der Waals surface area contributed by atoms with Crippen LogP contribution < -0.4 is 5.73 Å². The van der Waals surface area contributed by atoms with E-state index in [1.165, 1.54) is 11.3 Å². The van der Waals surface area contributed by atoms with Crippen molar-refractivity contribution in [3.05, 3.63) is 57.5 Å². The fourth-order valence-corrected chi connectivity index (χ4v) is 2.73. The summed E-state index contributed by atoms with van der Waals surface area (Å²) in [6, 6.07) is 5.35. The Kier molecular flexibility index (Phi) is 4.45. The SMILES string of the molecule is NC(CCc1cccs1)c1cc(F)ccc1C(F)(F)F. The largest absolute Gasteiger partial charge is 0.416 e. The summed E-state index contributed by atoms with van der Waals surface area (Å²) in [7, 11) is 0. The summed E-state index contributed by atoms with van der Waals surface area (Å²) in [5.41, 5.74) is 4.77. The van der Waals surface area contributed by atoms with Gasteiger partial charge in [-0.25, -0.2) is 4.39 Å². The van der Waals surface area contributed by atoms with Crippen LogP contribution in [0.5, 0.6) is 0 Å². The van der Waals surface area contributed by atoms with Gasteiger partial charge < -0.3 is 5.73 Å². The highest BCUT2D eigenvalue weighted by Gasteiger charge is 2.34. The number of nitrogens with two attached hydrogens (primary N) is 1. The van der Waals surface area contributed by atoms with Crippen LogP contribution in [-0.4, -0.2) is 0 Å². The van der Waals surface area contributed by atoms with Gasteiger partial charge in [0, 0.05) is 10.9 Å². The molecule has 0 aliphatic carbocycles. The monoisotopic (exact) mass is 303 g/mol. The molecule has 0 bridgehead atoms. The van der Waals surface area contributed by atoms with E-state index in [2.05, 4.69) is 0 Å². The highest BCUT2D eigenvalue weighted by Crippen LogP contribution is 2.35. The van der Waals surface area contributed by atoms with E-state index in [1.54, 1.807) is 0 Å². The molecule has 1 atom stereocenters. The van der Waals surface area contributed by atoms with Gasteiger partial charge >= 0.3 is 6.18 Å². The fourth-order valence-electron chi connectivity index (χ4n) is 2.01. The van der Waals surface area contributed by atoms with Crippen LogP contribution in [0.1, 0.15) is 28.5 Å². The topological polar surface area (TPSA) is 26.0 Å². The molecule has 20 heavy (non-hydrogen) atoms. The molecular weight excluding hydrogens is 290 g/mol. The first-order valence-corrected chi connectivity index (χ1v) is 6.90. The minimum atomic E-state index is -4.52. The summed E-state index contributed by atoms with van der Waals surface area (Å²) in [6.45, 7) is 0. The molecule has 1 aromatic heterocycles. The lowest BCUT2D eigenvalue weighted by Gasteiger charge is -2.18. The fraction of sp³-hybridized carbons (Fsp3) is 0.286. The summed E-state index contributed by atoms with van der Waals surface area (Å²) < 4.78 is 51.8. The maximum Gasteiger partial charge on any atom is 0.416 e. The van der Waals surface area contributed by atoms with E-state index in [0.29, 0.717) is 12.8 Å². The van der Waals surface area contributed by atoms with Crippen LogP contribution in [0.15, 0.2) is 35.7 Å². The molecule has 0 aliphatic heterocycles. The molecule has 108 valence electrons. The Bertz CT molecular complexity index is 563. The average Bonchev–Trinajstić information content (AvgIpc) is 2.87. The Morgan fingerprint density at radius 1 is 1.20 bits per heavy atom. The Balaban J connectivity index is 2.19. The van der Waals surface area contributed by atoms with Crippen molar-refractivity contribution < 1.29 is 17.6 Å². The molecule has 1 heterocycles. The number of hydrogen-bond acceptors (Lipinski definition) is 2. The molecule has 6 heteroatoms. The zero-order valence-electron chi connectivity index (χ0n) is 10.5. The van der Waals surface area contributed by atoms with Crippen molar-refractivity contribution in [2.45, 2.75) is 25.1 Å². The number of thiophene rings is 1. The van der Waals surface area contributed by atoms with Gasteiger partial charge in [-0.1, -0.05) is 6.07 Å². The van der Waals surface area contributed by atoms with Gasteiger partial charge in [0.25, 0.3) is 0 Å². The van der Waals surface area contributed by atoms with Crippen LogP contribution in [0.3, 0.4) is 0 Å². The summed E-state index contributed by atoms with van der Waals surface area (Å²) in [5.74, 6) is -0.709. The summed E-state index contributed by atoms with van der Waals surface area (Å²) in [5, 5.41) is 1.89. The standard InChI is InChI=1S/C14H13F4NS/c15-9-3-5-12(14(16,17)18)11(8-9)13(19)6-4-10-2-1-7-20-10/h1-3,5,7-8,13H,4,6,19H2. The van der Waals surface area contributed by atoms with E-state index >= 15 is 0 Å². The average molecular weight is 303 g/mol. The van der Waals surface area contributed by atoms with Crippen molar-refractivity contribution in [2.75, 3.05) is 0 Å². The van der Waals surface area contributed by atoms with Crippen LogP contribution in [-0.2, 0) is 12.6 Å². The number of benzene rings is 1. The molecule has 0 aliphatic rings. The van der Waals surface area contributed by atoms with E-state index in [9.17, 15) is 17.6 Å². The second kappa shape index (κ2) is 5.93. The molecular formula is C14H13F4NS. The first kappa shape index (κ1) is 15.0. The van der Waals surface area contributed by atoms with E-state index in [-0.39, 0.29) is 5.56 Å². The molecule has 0 spiro atoms. The van der Waals surface area contributed by atoms with Crippen LogP contribution in [0.25, 0.3) is 0 Å². The number of aryl methyl sites for hydroxylation is 1. The van der Waals surface area contributed by atoms with Gasteiger partial charge in [0.15, 0.2) is 0 Å². The first-order valence-electron chi connectivity index (χ1n) is 6.02. The van der Waals surface area contributed by atoms with Crippen LogP contribution in [0.2, 0.25) is 0 Å². The lowest BCUT2D eigenvalue weighted by atomic mass is 9.96. The van der Waals surface area contributed by atoms with E-state index < -0.39 is 23.6 Å². The molecule has 1 unspecified atom stereocenters. The Hall–Kier alpha value is -1.40. The van der Waals surface area contributed by atoms with Gasteiger partial charge in [-0.2, -0.15) is 13.2 Å². The zero-order chi connectivity index (χ0) is 14.8. The molecule has 0 amide bonds. The number of rotatable bonds is 4. The van der Waals surface area contributed by atoms with Gasteiger partial charge in [0.2, 0.25) is 0 Å².